The van der Waals surface area contributed by atoms with E-state index in [-0.39, 0.29) is 0 Å². The zero-order valence-corrected chi connectivity index (χ0v) is 11.2. The lowest BCUT2D eigenvalue weighted by atomic mass is 9.86. The largest absolute Gasteiger partial charge is 0.0651 e. The van der Waals surface area contributed by atoms with Crippen LogP contribution in [0, 0.1) is 17.3 Å². The number of hydrogen-bond acceptors (Lipinski definition) is 0. The Balaban J connectivity index is 3.49. The summed E-state index contributed by atoms with van der Waals surface area (Å²) in [5.41, 5.74) is 0.524. The van der Waals surface area contributed by atoms with Gasteiger partial charge in [0.15, 0.2) is 0 Å². The summed E-state index contributed by atoms with van der Waals surface area (Å²) in [4.78, 5) is 0. The van der Waals surface area contributed by atoms with Crippen LogP contribution in [0.4, 0.5) is 0 Å². The molecule has 14 heavy (non-hydrogen) atoms. The van der Waals surface area contributed by atoms with Gasteiger partial charge in [0.25, 0.3) is 0 Å². The SMILES string of the molecule is CCC(C)CC(C)CCCC(C)(C)C. The van der Waals surface area contributed by atoms with Crippen molar-refractivity contribution >= 4 is 0 Å². The van der Waals surface area contributed by atoms with Gasteiger partial charge in [-0.3, -0.25) is 0 Å². The summed E-state index contributed by atoms with van der Waals surface area (Å²) in [6.45, 7) is 14.1. The molecule has 0 aromatic rings. The van der Waals surface area contributed by atoms with Gasteiger partial charge in [0, 0.05) is 0 Å². The summed E-state index contributed by atoms with van der Waals surface area (Å²) < 4.78 is 0. The van der Waals surface area contributed by atoms with E-state index in [9.17, 15) is 0 Å². The van der Waals surface area contributed by atoms with Gasteiger partial charge in [-0.05, 0) is 30.1 Å². The van der Waals surface area contributed by atoms with Crippen molar-refractivity contribution in [3.8, 4) is 0 Å². The minimum atomic E-state index is 0.524. The van der Waals surface area contributed by atoms with Crippen LogP contribution in [0.2, 0.25) is 0 Å². The first kappa shape index (κ1) is 14.0. The van der Waals surface area contributed by atoms with Crippen LogP contribution in [0.1, 0.15) is 73.6 Å². The van der Waals surface area contributed by atoms with Crippen LogP contribution in [-0.2, 0) is 0 Å². The van der Waals surface area contributed by atoms with Gasteiger partial charge in [-0.1, -0.05) is 60.8 Å². The van der Waals surface area contributed by atoms with Gasteiger partial charge in [0.2, 0.25) is 0 Å². The topological polar surface area (TPSA) is 0 Å². The monoisotopic (exact) mass is 198 g/mol. The molecule has 0 heteroatoms. The van der Waals surface area contributed by atoms with E-state index < -0.39 is 0 Å². The van der Waals surface area contributed by atoms with Gasteiger partial charge >= 0.3 is 0 Å². The molecule has 2 atom stereocenters. The molecule has 0 spiro atoms. The third-order valence-electron chi connectivity index (χ3n) is 3.13. The van der Waals surface area contributed by atoms with Crippen LogP contribution in [-0.4, -0.2) is 0 Å². The van der Waals surface area contributed by atoms with E-state index >= 15 is 0 Å². The standard InChI is InChI=1S/C14H30/c1-7-12(2)11-13(3)9-8-10-14(4,5)6/h12-13H,7-11H2,1-6H3. The normalized spacial score (nSPS) is 16.7. The second-order valence-corrected chi connectivity index (χ2v) is 6.31. The van der Waals surface area contributed by atoms with E-state index in [4.69, 9.17) is 0 Å². The average molecular weight is 198 g/mol. The molecule has 0 bridgehead atoms. The molecule has 0 aromatic heterocycles. The Labute approximate surface area is 91.5 Å². The molecule has 2 unspecified atom stereocenters. The molecule has 0 aliphatic heterocycles. The maximum Gasteiger partial charge on any atom is -0.0383 e. The molecule has 0 saturated heterocycles. The summed E-state index contributed by atoms with van der Waals surface area (Å²) in [5, 5.41) is 0. The molecular weight excluding hydrogens is 168 g/mol. The van der Waals surface area contributed by atoms with Gasteiger partial charge in [0.1, 0.15) is 0 Å². The number of rotatable bonds is 6. The van der Waals surface area contributed by atoms with Crippen LogP contribution in [0.25, 0.3) is 0 Å². The van der Waals surface area contributed by atoms with Crippen molar-refractivity contribution in [1.29, 1.82) is 0 Å². The maximum atomic E-state index is 2.41. The van der Waals surface area contributed by atoms with E-state index in [1.807, 2.05) is 0 Å². The molecular formula is C14H30. The van der Waals surface area contributed by atoms with Gasteiger partial charge < -0.3 is 0 Å². The molecule has 0 aromatic carbocycles. The molecule has 86 valence electrons. The van der Waals surface area contributed by atoms with E-state index in [1.165, 1.54) is 32.1 Å². The molecule has 0 amide bonds. The Morgan fingerprint density at radius 2 is 1.57 bits per heavy atom. The van der Waals surface area contributed by atoms with Crippen molar-refractivity contribution in [1.82, 2.24) is 0 Å². The van der Waals surface area contributed by atoms with Gasteiger partial charge in [0.05, 0.1) is 0 Å². The molecule has 0 aliphatic rings. The molecule has 0 fully saturated rings. The highest BCUT2D eigenvalue weighted by Crippen LogP contribution is 2.25. The molecule has 0 nitrogen and oxygen atoms in total. The first-order valence-corrected chi connectivity index (χ1v) is 6.35. The maximum absolute atomic E-state index is 2.41. The van der Waals surface area contributed by atoms with Crippen LogP contribution < -0.4 is 0 Å². The van der Waals surface area contributed by atoms with Crippen LogP contribution >= 0.6 is 0 Å². The molecule has 0 rings (SSSR count). The second kappa shape index (κ2) is 6.48. The lowest BCUT2D eigenvalue weighted by Crippen LogP contribution is -2.07. The first-order chi connectivity index (χ1) is 6.35. The van der Waals surface area contributed by atoms with Crippen molar-refractivity contribution in [3.63, 3.8) is 0 Å². The summed E-state index contributed by atoms with van der Waals surface area (Å²) in [6.07, 6.45) is 6.95. The van der Waals surface area contributed by atoms with Crippen molar-refractivity contribution in [2.24, 2.45) is 17.3 Å². The minimum Gasteiger partial charge on any atom is -0.0651 e. The van der Waals surface area contributed by atoms with Gasteiger partial charge in [-0.15, -0.1) is 0 Å². The zero-order chi connectivity index (χ0) is 11.2. The predicted molar refractivity (Wildman–Crippen MR) is 66.5 cm³/mol. The Hall–Kier alpha value is 0. The fourth-order valence-corrected chi connectivity index (χ4v) is 1.95. The molecule has 0 radical (unpaired) electrons. The molecule has 0 N–H and O–H groups in total. The first-order valence-electron chi connectivity index (χ1n) is 6.35. The van der Waals surface area contributed by atoms with Crippen molar-refractivity contribution in [2.75, 3.05) is 0 Å². The Morgan fingerprint density at radius 1 is 1.00 bits per heavy atom. The zero-order valence-electron chi connectivity index (χ0n) is 11.2. The summed E-state index contributed by atoms with van der Waals surface area (Å²) in [5.74, 6) is 1.84. The predicted octanol–water partition coefficient (Wildman–Crippen LogP) is 5.28. The van der Waals surface area contributed by atoms with Crippen LogP contribution in [0.3, 0.4) is 0 Å². The summed E-state index contributed by atoms with van der Waals surface area (Å²) in [7, 11) is 0. The van der Waals surface area contributed by atoms with E-state index in [0.29, 0.717) is 5.41 Å². The lowest BCUT2D eigenvalue weighted by Gasteiger charge is -2.20. The molecule has 0 aliphatic carbocycles. The summed E-state index contributed by atoms with van der Waals surface area (Å²) in [6, 6.07) is 0. The summed E-state index contributed by atoms with van der Waals surface area (Å²) >= 11 is 0. The molecule has 0 heterocycles. The molecule has 0 saturated carbocycles. The average Bonchev–Trinajstić information content (AvgIpc) is 2.01. The Bertz CT molecular complexity index is 129. The highest BCUT2D eigenvalue weighted by molar-refractivity contribution is 4.64. The smallest absolute Gasteiger partial charge is 0.0383 e. The van der Waals surface area contributed by atoms with E-state index in [2.05, 4.69) is 41.5 Å². The Morgan fingerprint density at radius 3 is 2.00 bits per heavy atom. The Kier molecular flexibility index (Phi) is 6.48. The van der Waals surface area contributed by atoms with Crippen molar-refractivity contribution < 1.29 is 0 Å². The quantitative estimate of drug-likeness (QED) is 0.545. The van der Waals surface area contributed by atoms with Crippen LogP contribution in [0.5, 0.6) is 0 Å². The highest BCUT2D eigenvalue weighted by atomic mass is 14.2. The fraction of sp³-hybridized carbons (Fsp3) is 1.00. The fourth-order valence-electron chi connectivity index (χ4n) is 1.95. The van der Waals surface area contributed by atoms with E-state index in [1.54, 1.807) is 0 Å². The van der Waals surface area contributed by atoms with Crippen molar-refractivity contribution in [2.45, 2.75) is 73.6 Å². The van der Waals surface area contributed by atoms with Crippen LogP contribution in [0.15, 0.2) is 0 Å². The third-order valence-corrected chi connectivity index (χ3v) is 3.13. The highest BCUT2D eigenvalue weighted by Gasteiger charge is 2.12. The van der Waals surface area contributed by atoms with Crippen molar-refractivity contribution in [3.05, 3.63) is 0 Å². The third kappa shape index (κ3) is 8.59. The van der Waals surface area contributed by atoms with Gasteiger partial charge in [-0.25, -0.2) is 0 Å². The minimum absolute atomic E-state index is 0.524. The van der Waals surface area contributed by atoms with Gasteiger partial charge in [-0.2, -0.15) is 0 Å². The second-order valence-electron chi connectivity index (χ2n) is 6.31. The number of hydrogen-bond donors (Lipinski definition) is 0. The van der Waals surface area contributed by atoms with E-state index in [0.717, 1.165) is 11.8 Å². The lowest BCUT2D eigenvalue weighted by molar-refractivity contribution is 0.321.